The molecule has 0 spiro atoms. The molecule has 0 radical (unpaired) electrons. The Bertz CT molecular complexity index is 499. The van der Waals surface area contributed by atoms with Crippen LogP contribution in [0.5, 0.6) is 0 Å². The largest absolute Gasteiger partial charge is 0.349 e. The lowest BCUT2D eigenvalue weighted by atomic mass is 9.93. The van der Waals surface area contributed by atoms with E-state index in [0.29, 0.717) is 10.0 Å². The Morgan fingerprint density at radius 1 is 1.37 bits per heavy atom. The highest BCUT2D eigenvalue weighted by Crippen LogP contribution is 2.27. The van der Waals surface area contributed by atoms with Gasteiger partial charge in [0, 0.05) is 16.0 Å². The fourth-order valence-corrected chi connectivity index (χ4v) is 2.87. The highest BCUT2D eigenvalue weighted by Gasteiger charge is 2.21. The first-order valence-electron chi connectivity index (χ1n) is 6.48. The van der Waals surface area contributed by atoms with Crippen molar-refractivity contribution in [2.45, 2.75) is 32.2 Å². The number of carbonyl (C=O) groups is 1. The summed E-state index contributed by atoms with van der Waals surface area (Å²) in [5.41, 5.74) is 0.894. The third-order valence-electron chi connectivity index (χ3n) is 3.43. The number of nitrogens with one attached hydrogen (secondary N) is 1. The molecule has 0 aromatic heterocycles. The monoisotopic (exact) mass is 297 g/mol. The van der Waals surface area contributed by atoms with Gasteiger partial charge in [-0.3, -0.25) is 4.79 Å². The molecule has 0 aliphatic heterocycles. The van der Waals surface area contributed by atoms with Crippen molar-refractivity contribution in [3.63, 3.8) is 0 Å². The molecule has 1 aromatic rings. The zero-order valence-corrected chi connectivity index (χ0v) is 12.3. The molecule has 0 saturated heterocycles. The lowest BCUT2D eigenvalue weighted by Crippen LogP contribution is -2.33. The summed E-state index contributed by atoms with van der Waals surface area (Å²) >= 11 is 12.0. The van der Waals surface area contributed by atoms with Gasteiger partial charge in [-0.05, 0) is 43.9 Å². The van der Waals surface area contributed by atoms with Crippen LogP contribution in [0.4, 0.5) is 0 Å². The maximum atomic E-state index is 12.1. The normalized spacial score (nSPS) is 20.1. The Morgan fingerprint density at radius 2 is 2.16 bits per heavy atom. The molecule has 0 bridgehead atoms. The van der Waals surface area contributed by atoms with Crippen LogP contribution in [0, 0.1) is 5.92 Å². The lowest BCUT2D eigenvalue weighted by molar-refractivity contribution is -0.125. The smallest absolute Gasteiger partial charge is 0.223 e. The quantitative estimate of drug-likeness (QED) is 0.816. The molecular weight excluding hydrogens is 281 g/mol. The Hall–Kier alpha value is -0.990. The molecule has 2 nitrogen and oxygen atoms in total. The molecule has 0 fully saturated rings. The van der Waals surface area contributed by atoms with Gasteiger partial charge in [0.1, 0.15) is 0 Å². The maximum Gasteiger partial charge on any atom is 0.223 e. The first-order valence-corrected chi connectivity index (χ1v) is 7.24. The Labute approximate surface area is 123 Å². The van der Waals surface area contributed by atoms with Crippen LogP contribution in [-0.2, 0) is 4.79 Å². The first kappa shape index (κ1) is 14.4. The van der Waals surface area contributed by atoms with Gasteiger partial charge < -0.3 is 5.32 Å². The van der Waals surface area contributed by atoms with Gasteiger partial charge in [0.15, 0.2) is 0 Å². The number of rotatable bonds is 3. The van der Waals surface area contributed by atoms with E-state index in [1.54, 1.807) is 12.1 Å². The van der Waals surface area contributed by atoms with Crippen LogP contribution < -0.4 is 5.32 Å². The van der Waals surface area contributed by atoms with Crippen molar-refractivity contribution in [3.05, 3.63) is 46.0 Å². The molecule has 19 heavy (non-hydrogen) atoms. The van der Waals surface area contributed by atoms with Crippen molar-refractivity contribution < 1.29 is 4.79 Å². The van der Waals surface area contributed by atoms with Crippen LogP contribution in [-0.4, -0.2) is 5.91 Å². The Morgan fingerprint density at radius 3 is 2.79 bits per heavy atom. The predicted molar refractivity (Wildman–Crippen MR) is 79.5 cm³/mol. The van der Waals surface area contributed by atoms with Crippen LogP contribution >= 0.6 is 23.2 Å². The highest BCUT2D eigenvalue weighted by molar-refractivity contribution is 6.35. The van der Waals surface area contributed by atoms with Crippen molar-refractivity contribution in [3.8, 4) is 0 Å². The van der Waals surface area contributed by atoms with Gasteiger partial charge in [0.25, 0.3) is 0 Å². The van der Waals surface area contributed by atoms with Crippen LogP contribution in [0.2, 0.25) is 10.0 Å². The topological polar surface area (TPSA) is 29.1 Å². The van der Waals surface area contributed by atoms with Crippen LogP contribution in [0.25, 0.3) is 0 Å². The van der Waals surface area contributed by atoms with E-state index in [-0.39, 0.29) is 17.9 Å². The minimum atomic E-state index is -0.108. The summed E-state index contributed by atoms with van der Waals surface area (Å²) in [6, 6.07) is 5.23. The molecule has 1 aliphatic carbocycles. The summed E-state index contributed by atoms with van der Waals surface area (Å²) in [5, 5.41) is 4.21. The number of hydrogen-bond acceptors (Lipinski definition) is 1. The Balaban J connectivity index is 2.02. The summed E-state index contributed by atoms with van der Waals surface area (Å²) in [6.45, 7) is 1.94. The van der Waals surface area contributed by atoms with Gasteiger partial charge in [-0.2, -0.15) is 0 Å². The third kappa shape index (κ3) is 3.74. The van der Waals surface area contributed by atoms with Gasteiger partial charge in [-0.1, -0.05) is 41.4 Å². The number of hydrogen-bond donors (Lipinski definition) is 1. The van der Waals surface area contributed by atoms with Crippen molar-refractivity contribution in [2.24, 2.45) is 5.92 Å². The van der Waals surface area contributed by atoms with E-state index in [4.69, 9.17) is 23.2 Å². The van der Waals surface area contributed by atoms with E-state index in [1.807, 2.05) is 13.0 Å². The summed E-state index contributed by atoms with van der Waals surface area (Å²) in [5.74, 6) is 0.182. The predicted octanol–water partition coefficient (Wildman–Crippen LogP) is 4.53. The second-order valence-corrected chi connectivity index (χ2v) is 5.72. The maximum absolute atomic E-state index is 12.1. The van der Waals surface area contributed by atoms with Crippen molar-refractivity contribution >= 4 is 29.1 Å². The minimum absolute atomic E-state index is 0.0820. The van der Waals surface area contributed by atoms with Crippen molar-refractivity contribution in [1.82, 2.24) is 5.32 Å². The number of allylic oxidation sites excluding steroid dienone is 2. The molecule has 1 amide bonds. The number of halogens is 2. The lowest BCUT2D eigenvalue weighted by Gasteiger charge is -2.21. The molecule has 2 atom stereocenters. The molecule has 102 valence electrons. The van der Waals surface area contributed by atoms with Crippen molar-refractivity contribution in [1.29, 1.82) is 0 Å². The van der Waals surface area contributed by atoms with E-state index in [2.05, 4.69) is 17.5 Å². The first-order chi connectivity index (χ1) is 9.08. The summed E-state index contributed by atoms with van der Waals surface area (Å²) in [7, 11) is 0. The van der Waals surface area contributed by atoms with Gasteiger partial charge in [0.05, 0.1) is 6.04 Å². The van der Waals surface area contributed by atoms with Crippen LogP contribution in [0.15, 0.2) is 30.4 Å². The van der Waals surface area contributed by atoms with E-state index < -0.39 is 0 Å². The zero-order chi connectivity index (χ0) is 13.8. The van der Waals surface area contributed by atoms with Crippen LogP contribution in [0.3, 0.4) is 0 Å². The van der Waals surface area contributed by atoms with E-state index >= 15 is 0 Å². The molecule has 2 rings (SSSR count). The average molecular weight is 298 g/mol. The molecule has 0 heterocycles. The second-order valence-electron chi connectivity index (χ2n) is 4.88. The second kappa shape index (κ2) is 6.44. The van der Waals surface area contributed by atoms with Gasteiger partial charge >= 0.3 is 0 Å². The number of benzene rings is 1. The molecule has 1 N–H and O–H groups in total. The molecule has 1 aromatic carbocycles. The van der Waals surface area contributed by atoms with Gasteiger partial charge in [-0.25, -0.2) is 0 Å². The van der Waals surface area contributed by atoms with Gasteiger partial charge in [-0.15, -0.1) is 0 Å². The van der Waals surface area contributed by atoms with Crippen LogP contribution in [0.1, 0.15) is 37.8 Å². The minimum Gasteiger partial charge on any atom is -0.349 e. The zero-order valence-electron chi connectivity index (χ0n) is 10.8. The number of carbonyl (C=O) groups excluding carboxylic acids is 1. The fraction of sp³-hybridized carbons (Fsp3) is 0.400. The fourth-order valence-electron chi connectivity index (χ4n) is 2.29. The molecular formula is C15H17Cl2NO. The summed E-state index contributed by atoms with van der Waals surface area (Å²) < 4.78 is 0. The summed E-state index contributed by atoms with van der Waals surface area (Å²) in [4.78, 5) is 12.1. The summed E-state index contributed by atoms with van der Waals surface area (Å²) in [6.07, 6.45) is 6.93. The molecule has 0 saturated carbocycles. The molecule has 4 heteroatoms. The molecule has 0 unspecified atom stereocenters. The number of amides is 1. The van der Waals surface area contributed by atoms with E-state index in [0.717, 1.165) is 24.8 Å². The van der Waals surface area contributed by atoms with E-state index in [9.17, 15) is 4.79 Å². The van der Waals surface area contributed by atoms with E-state index in [1.165, 1.54) is 0 Å². The third-order valence-corrected chi connectivity index (χ3v) is 3.99. The van der Waals surface area contributed by atoms with Gasteiger partial charge in [0.2, 0.25) is 5.91 Å². The SMILES string of the molecule is C[C@@H](NC(=O)[C@H]1CC=CCC1)c1ccc(Cl)cc1Cl. The Kier molecular flexibility index (Phi) is 4.89. The van der Waals surface area contributed by atoms with Crippen molar-refractivity contribution in [2.75, 3.05) is 0 Å². The highest BCUT2D eigenvalue weighted by atomic mass is 35.5. The standard InChI is InChI=1S/C15H17Cl2NO/c1-10(13-8-7-12(16)9-14(13)17)18-15(19)11-5-3-2-4-6-11/h2-3,7-11H,4-6H2,1H3,(H,18,19)/t10-,11+/m1/s1. The average Bonchev–Trinajstić information content (AvgIpc) is 2.39. The molecule has 1 aliphatic rings.